The Morgan fingerprint density at radius 3 is 2.34 bits per heavy atom. The van der Waals surface area contributed by atoms with E-state index in [1.165, 1.54) is 40.0 Å². The molecule has 0 fully saturated rings. The minimum absolute atomic E-state index is 0.114. The number of hydrogen-bond acceptors (Lipinski definition) is 7. The summed E-state index contributed by atoms with van der Waals surface area (Å²) in [6.45, 7) is 4.50. The van der Waals surface area contributed by atoms with Gasteiger partial charge in [0, 0.05) is 32.8 Å². The van der Waals surface area contributed by atoms with Crippen molar-refractivity contribution in [3.63, 3.8) is 0 Å². The van der Waals surface area contributed by atoms with Gasteiger partial charge in [0.15, 0.2) is 0 Å². The number of Topliss-reactive ketones (excluding diaryl/α,β-unsaturated/α-hetero) is 1. The molecule has 0 aliphatic rings. The maximum absolute atomic E-state index is 13.3. The van der Waals surface area contributed by atoms with Gasteiger partial charge in [-0.25, -0.2) is 4.98 Å². The van der Waals surface area contributed by atoms with E-state index in [1.54, 1.807) is 19.2 Å². The lowest BCUT2D eigenvalue weighted by Gasteiger charge is -2.19. The first-order valence-corrected chi connectivity index (χ1v) is 14.5. The second-order valence-corrected chi connectivity index (χ2v) is 10.4. The maximum Gasteiger partial charge on any atom is 0.287 e. The minimum atomic E-state index is -1.28. The van der Waals surface area contributed by atoms with Crippen molar-refractivity contribution < 1.29 is 24.0 Å². The van der Waals surface area contributed by atoms with E-state index in [0.717, 1.165) is 18.4 Å². The van der Waals surface area contributed by atoms with Gasteiger partial charge in [-0.2, -0.15) is 0 Å². The van der Waals surface area contributed by atoms with Crippen LogP contribution < -0.4 is 26.8 Å². The van der Waals surface area contributed by atoms with Gasteiger partial charge < -0.3 is 30.4 Å². The lowest BCUT2D eigenvalue weighted by molar-refractivity contribution is -0.138. The van der Waals surface area contributed by atoms with Crippen LogP contribution in [0.15, 0.2) is 66.0 Å². The molecule has 0 spiro atoms. The Balaban J connectivity index is 1.69. The Bertz CT molecular complexity index is 1510. The summed E-state index contributed by atoms with van der Waals surface area (Å²) in [7, 11) is 1.60. The number of benzene rings is 1. The van der Waals surface area contributed by atoms with E-state index in [4.69, 9.17) is 0 Å². The van der Waals surface area contributed by atoms with E-state index < -0.39 is 35.1 Å². The molecule has 1 atom stereocenters. The number of nitrogens with one attached hydrogen (secondary N) is 4. The number of rotatable bonds is 16. The fraction of sp³-hybridized carbons (Fsp3) is 0.387. The Labute approximate surface area is 255 Å². The number of amides is 4. The average Bonchev–Trinajstić information content (AvgIpc) is 3.46. The zero-order valence-corrected chi connectivity index (χ0v) is 25.2. The molecule has 0 aliphatic heterocycles. The van der Waals surface area contributed by atoms with Crippen LogP contribution in [0.4, 0.5) is 5.69 Å². The summed E-state index contributed by atoms with van der Waals surface area (Å²) in [5.74, 6) is -3.00. The van der Waals surface area contributed by atoms with E-state index in [2.05, 4.69) is 26.3 Å². The van der Waals surface area contributed by atoms with Crippen molar-refractivity contribution >= 4 is 35.1 Å². The molecule has 13 nitrogen and oxygen atoms in total. The monoisotopic (exact) mass is 605 g/mol. The van der Waals surface area contributed by atoms with Crippen molar-refractivity contribution in [2.45, 2.75) is 58.7 Å². The van der Waals surface area contributed by atoms with Crippen LogP contribution in [-0.2, 0) is 39.3 Å². The smallest absolute Gasteiger partial charge is 0.287 e. The number of aryl methyl sites for hydroxylation is 1. The third kappa shape index (κ3) is 9.75. The van der Waals surface area contributed by atoms with Crippen LogP contribution in [0, 0.1) is 5.92 Å². The number of pyridine rings is 1. The van der Waals surface area contributed by atoms with E-state index >= 15 is 0 Å². The fourth-order valence-corrected chi connectivity index (χ4v) is 4.37. The minimum Gasteiger partial charge on any atom is -0.354 e. The number of anilines is 1. The number of carbonyl (C=O) groups is 5. The molecule has 234 valence electrons. The van der Waals surface area contributed by atoms with Crippen molar-refractivity contribution in [1.82, 2.24) is 30.1 Å². The fourth-order valence-electron chi connectivity index (χ4n) is 4.37. The molecule has 0 saturated heterocycles. The van der Waals surface area contributed by atoms with E-state index in [1.807, 2.05) is 32.0 Å². The number of carbonyl (C=O) groups excluding carboxylic acids is 5. The molecular formula is C31H39N7O6. The average molecular weight is 606 g/mol. The summed E-state index contributed by atoms with van der Waals surface area (Å²) in [5.41, 5.74) is 0.242. The normalized spacial score (nSPS) is 11.5. The zero-order valence-electron chi connectivity index (χ0n) is 25.2. The van der Waals surface area contributed by atoms with Crippen molar-refractivity contribution in [2.75, 3.05) is 11.9 Å². The van der Waals surface area contributed by atoms with Crippen molar-refractivity contribution in [3.8, 4) is 0 Å². The van der Waals surface area contributed by atoms with Gasteiger partial charge in [-0.3, -0.25) is 28.8 Å². The molecule has 1 aromatic carbocycles. The number of hydrogen-bond donors (Lipinski definition) is 4. The van der Waals surface area contributed by atoms with Gasteiger partial charge in [0.1, 0.15) is 24.0 Å². The lowest BCUT2D eigenvalue weighted by Crippen LogP contribution is -2.45. The second-order valence-electron chi connectivity index (χ2n) is 10.4. The summed E-state index contributed by atoms with van der Waals surface area (Å²) in [4.78, 5) is 80.7. The molecule has 44 heavy (non-hydrogen) atoms. The summed E-state index contributed by atoms with van der Waals surface area (Å²) >= 11 is 0. The van der Waals surface area contributed by atoms with Crippen molar-refractivity contribution in [3.05, 3.63) is 82.8 Å². The van der Waals surface area contributed by atoms with Gasteiger partial charge in [0.05, 0.1) is 12.5 Å². The summed E-state index contributed by atoms with van der Waals surface area (Å²) in [6, 6.07) is 10.7. The maximum atomic E-state index is 13.3. The van der Waals surface area contributed by atoms with Gasteiger partial charge in [-0.05, 0) is 30.0 Å². The Morgan fingerprint density at radius 2 is 1.68 bits per heavy atom. The Hall–Kier alpha value is -5.07. The summed E-state index contributed by atoms with van der Waals surface area (Å²) < 4.78 is 2.62. The SMILES string of the molecule is CCC(CC)CNC(=O)Cn1cccc(NC(=O)C(CCC(=O)C(=O)NCc2ccccc2)NC(=O)c2cncn2C)c1=O. The molecule has 2 aromatic heterocycles. The molecule has 4 N–H and O–H groups in total. The van der Waals surface area contributed by atoms with Crippen molar-refractivity contribution in [1.29, 1.82) is 0 Å². The highest BCUT2D eigenvalue weighted by molar-refractivity contribution is 6.36. The van der Waals surface area contributed by atoms with Gasteiger partial charge >= 0.3 is 0 Å². The predicted octanol–water partition coefficient (Wildman–Crippen LogP) is 1.54. The van der Waals surface area contributed by atoms with Gasteiger partial charge in [-0.15, -0.1) is 0 Å². The van der Waals surface area contributed by atoms with E-state index in [9.17, 15) is 28.8 Å². The Kier molecular flexibility index (Phi) is 12.6. The van der Waals surface area contributed by atoms with E-state index in [-0.39, 0.29) is 43.2 Å². The van der Waals surface area contributed by atoms with Crippen LogP contribution in [0.5, 0.6) is 0 Å². The highest BCUT2D eigenvalue weighted by Crippen LogP contribution is 2.08. The largest absolute Gasteiger partial charge is 0.354 e. The molecule has 0 saturated carbocycles. The lowest BCUT2D eigenvalue weighted by atomic mass is 10.0. The molecule has 0 radical (unpaired) electrons. The molecule has 0 aliphatic carbocycles. The molecule has 4 amide bonds. The molecule has 1 unspecified atom stereocenters. The highest BCUT2D eigenvalue weighted by Gasteiger charge is 2.26. The van der Waals surface area contributed by atoms with Crippen molar-refractivity contribution in [2.24, 2.45) is 13.0 Å². The van der Waals surface area contributed by atoms with Crippen LogP contribution in [0.3, 0.4) is 0 Å². The van der Waals surface area contributed by atoms with Gasteiger partial charge in [0.25, 0.3) is 17.4 Å². The molecule has 13 heteroatoms. The van der Waals surface area contributed by atoms with Crippen LogP contribution >= 0.6 is 0 Å². The Morgan fingerprint density at radius 1 is 0.955 bits per heavy atom. The van der Waals surface area contributed by atoms with Gasteiger partial charge in [-0.1, -0.05) is 57.0 Å². The molecule has 3 rings (SSSR count). The number of nitrogens with zero attached hydrogens (tertiary/aromatic N) is 3. The molecule has 3 aromatic rings. The second kappa shape index (κ2) is 16.5. The van der Waals surface area contributed by atoms with Crippen LogP contribution in [0.1, 0.15) is 55.6 Å². The zero-order chi connectivity index (χ0) is 32.1. The van der Waals surface area contributed by atoms with E-state index in [0.29, 0.717) is 12.5 Å². The summed E-state index contributed by atoms with van der Waals surface area (Å²) in [5, 5.41) is 10.4. The van der Waals surface area contributed by atoms with Crippen LogP contribution in [0.25, 0.3) is 0 Å². The number of imidazole rings is 1. The number of aromatic nitrogens is 3. The van der Waals surface area contributed by atoms with Gasteiger partial charge in [0.2, 0.25) is 17.6 Å². The van der Waals surface area contributed by atoms with Crippen LogP contribution in [-0.4, -0.2) is 56.1 Å². The molecule has 0 bridgehead atoms. The third-order valence-corrected chi connectivity index (χ3v) is 7.21. The molecular weight excluding hydrogens is 566 g/mol. The summed E-state index contributed by atoms with van der Waals surface area (Å²) in [6.07, 6.45) is 5.44. The number of ketones is 1. The standard InChI is InChI=1S/C31H39N7O6/c1-4-21(5-2)16-33-27(40)19-38-15-9-12-24(31(38)44)36-28(41)23(35-29(42)25-18-32-20-37(25)3)13-14-26(39)30(43)34-17-22-10-7-6-8-11-22/h6-12,15,18,20-21,23H,4-5,13-14,16-17,19H2,1-3H3,(H,33,40)(H,34,43)(H,35,42)(H,36,41). The predicted molar refractivity (Wildman–Crippen MR) is 163 cm³/mol. The first-order chi connectivity index (χ1) is 21.1. The topological polar surface area (TPSA) is 173 Å². The first kappa shape index (κ1) is 33.4. The molecule has 2 heterocycles. The van der Waals surface area contributed by atoms with Crippen LogP contribution in [0.2, 0.25) is 0 Å². The first-order valence-electron chi connectivity index (χ1n) is 14.5. The third-order valence-electron chi connectivity index (χ3n) is 7.21. The quantitative estimate of drug-likeness (QED) is 0.179. The highest BCUT2D eigenvalue weighted by atomic mass is 16.2.